The van der Waals surface area contributed by atoms with E-state index < -0.39 is 0 Å². The standard InChI is InChI=1S/C12H25BrN2/c1-12(2,9-13)10-15(4)11-6-5-7-14(3)8-11/h11H,5-10H2,1-4H3. The minimum Gasteiger partial charge on any atom is -0.305 e. The molecule has 2 nitrogen and oxygen atoms in total. The highest BCUT2D eigenvalue weighted by atomic mass is 79.9. The van der Waals surface area contributed by atoms with Crippen molar-refractivity contribution in [2.24, 2.45) is 5.41 Å². The molecule has 1 heterocycles. The van der Waals surface area contributed by atoms with Crippen molar-refractivity contribution in [3.05, 3.63) is 0 Å². The molecule has 3 heteroatoms. The largest absolute Gasteiger partial charge is 0.305 e. The maximum absolute atomic E-state index is 3.60. The lowest BCUT2D eigenvalue weighted by Gasteiger charge is -2.39. The van der Waals surface area contributed by atoms with E-state index in [9.17, 15) is 0 Å². The smallest absolute Gasteiger partial charge is 0.0220 e. The summed E-state index contributed by atoms with van der Waals surface area (Å²) in [7, 11) is 4.50. The minimum atomic E-state index is 0.380. The fourth-order valence-electron chi connectivity index (χ4n) is 2.35. The molecule has 0 N–H and O–H groups in total. The van der Waals surface area contributed by atoms with Gasteiger partial charge in [-0.25, -0.2) is 0 Å². The van der Waals surface area contributed by atoms with Crippen molar-refractivity contribution < 1.29 is 0 Å². The molecule has 0 aromatic carbocycles. The zero-order valence-corrected chi connectivity index (χ0v) is 12.2. The fourth-order valence-corrected chi connectivity index (χ4v) is 2.52. The molecule has 0 amide bonds. The van der Waals surface area contributed by atoms with Gasteiger partial charge in [-0.15, -0.1) is 0 Å². The minimum absolute atomic E-state index is 0.380. The Labute approximate surface area is 103 Å². The van der Waals surface area contributed by atoms with Gasteiger partial charge in [0.2, 0.25) is 0 Å². The van der Waals surface area contributed by atoms with Gasteiger partial charge >= 0.3 is 0 Å². The van der Waals surface area contributed by atoms with Crippen LogP contribution >= 0.6 is 15.9 Å². The van der Waals surface area contributed by atoms with Gasteiger partial charge in [0.15, 0.2) is 0 Å². The highest BCUT2D eigenvalue weighted by Crippen LogP contribution is 2.22. The van der Waals surface area contributed by atoms with E-state index in [0.717, 1.165) is 11.4 Å². The second-order valence-electron chi connectivity index (χ2n) is 5.77. The van der Waals surface area contributed by atoms with Crippen LogP contribution in [0.4, 0.5) is 0 Å². The van der Waals surface area contributed by atoms with E-state index >= 15 is 0 Å². The first-order valence-corrected chi connectivity index (χ1v) is 7.01. The second kappa shape index (κ2) is 5.65. The lowest BCUT2D eigenvalue weighted by atomic mass is 9.94. The third-order valence-electron chi connectivity index (χ3n) is 3.26. The summed E-state index contributed by atoms with van der Waals surface area (Å²) >= 11 is 3.60. The Balaban J connectivity index is 2.42. The van der Waals surface area contributed by atoms with Gasteiger partial charge in [-0.2, -0.15) is 0 Å². The van der Waals surface area contributed by atoms with Crippen LogP contribution in [0.5, 0.6) is 0 Å². The van der Waals surface area contributed by atoms with Gasteiger partial charge < -0.3 is 9.80 Å². The first kappa shape index (κ1) is 13.5. The molecule has 0 aromatic rings. The average molecular weight is 277 g/mol. The van der Waals surface area contributed by atoms with E-state index in [1.165, 1.54) is 32.5 Å². The van der Waals surface area contributed by atoms with Gasteiger partial charge in [0, 0.05) is 24.5 Å². The average Bonchev–Trinajstić information content (AvgIpc) is 2.17. The molecule has 0 aromatic heterocycles. The summed E-state index contributed by atoms with van der Waals surface area (Å²) in [5.41, 5.74) is 0.380. The van der Waals surface area contributed by atoms with Crippen molar-refractivity contribution in [2.75, 3.05) is 39.1 Å². The maximum atomic E-state index is 3.60. The van der Waals surface area contributed by atoms with Crippen LogP contribution in [0.15, 0.2) is 0 Å². The molecule has 1 atom stereocenters. The number of halogens is 1. The lowest BCUT2D eigenvalue weighted by Crippen LogP contribution is -2.47. The van der Waals surface area contributed by atoms with Crippen molar-refractivity contribution in [3.63, 3.8) is 0 Å². The van der Waals surface area contributed by atoms with Crippen LogP contribution in [0.1, 0.15) is 26.7 Å². The number of alkyl halides is 1. The number of rotatable bonds is 4. The number of nitrogens with zero attached hydrogens (tertiary/aromatic N) is 2. The first-order chi connectivity index (χ1) is 6.94. The van der Waals surface area contributed by atoms with Gasteiger partial charge in [-0.3, -0.25) is 0 Å². The molecule has 1 fully saturated rings. The lowest BCUT2D eigenvalue weighted by molar-refractivity contribution is 0.106. The molecule has 0 aliphatic carbocycles. The Morgan fingerprint density at radius 1 is 1.47 bits per heavy atom. The summed E-state index contributed by atoms with van der Waals surface area (Å²) in [6.07, 6.45) is 2.71. The Kier molecular flexibility index (Phi) is 5.07. The molecule has 1 unspecified atom stereocenters. The zero-order chi connectivity index (χ0) is 11.5. The fraction of sp³-hybridized carbons (Fsp3) is 1.00. The highest BCUT2D eigenvalue weighted by molar-refractivity contribution is 9.09. The van der Waals surface area contributed by atoms with Gasteiger partial charge in [0.25, 0.3) is 0 Å². The molecule has 0 bridgehead atoms. The molecule has 1 saturated heterocycles. The predicted octanol–water partition coefficient (Wildman–Crippen LogP) is 2.43. The summed E-state index contributed by atoms with van der Waals surface area (Å²) in [6.45, 7) is 8.33. The van der Waals surface area contributed by atoms with Crippen molar-refractivity contribution in [1.82, 2.24) is 9.80 Å². The summed E-state index contributed by atoms with van der Waals surface area (Å²) in [6, 6.07) is 0.752. The monoisotopic (exact) mass is 276 g/mol. The van der Waals surface area contributed by atoms with Crippen LogP contribution in [-0.2, 0) is 0 Å². The summed E-state index contributed by atoms with van der Waals surface area (Å²) in [5.74, 6) is 0. The van der Waals surface area contributed by atoms with Gasteiger partial charge in [-0.05, 0) is 38.9 Å². The topological polar surface area (TPSA) is 6.48 Å². The Morgan fingerprint density at radius 2 is 2.13 bits per heavy atom. The second-order valence-corrected chi connectivity index (χ2v) is 6.33. The highest BCUT2D eigenvalue weighted by Gasteiger charge is 2.25. The van der Waals surface area contributed by atoms with Crippen LogP contribution in [-0.4, -0.2) is 54.9 Å². The Morgan fingerprint density at radius 3 is 2.67 bits per heavy atom. The number of piperidine rings is 1. The van der Waals surface area contributed by atoms with Crippen molar-refractivity contribution in [1.29, 1.82) is 0 Å². The third kappa shape index (κ3) is 4.41. The summed E-state index contributed by atoms with van der Waals surface area (Å²) in [4.78, 5) is 4.99. The maximum Gasteiger partial charge on any atom is 0.0220 e. The van der Waals surface area contributed by atoms with Crippen LogP contribution < -0.4 is 0 Å². The quantitative estimate of drug-likeness (QED) is 0.728. The molecular weight excluding hydrogens is 252 g/mol. The van der Waals surface area contributed by atoms with Crippen molar-refractivity contribution >= 4 is 15.9 Å². The Bertz CT molecular complexity index is 194. The van der Waals surface area contributed by atoms with Crippen molar-refractivity contribution in [3.8, 4) is 0 Å². The predicted molar refractivity (Wildman–Crippen MR) is 70.7 cm³/mol. The molecule has 0 saturated carbocycles. The van der Waals surface area contributed by atoms with Crippen LogP contribution in [0.2, 0.25) is 0 Å². The summed E-state index contributed by atoms with van der Waals surface area (Å²) < 4.78 is 0. The van der Waals surface area contributed by atoms with E-state index in [4.69, 9.17) is 0 Å². The zero-order valence-electron chi connectivity index (χ0n) is 10.6. The van der Waals surface area contributed by atoms with Crippen LogP contribution in [0, 0.1) is 5.41 Å². The normalized spacial score (nSPS) is 24.8. The van der Waals surface area contributed by atoms with Crippen LogP contribution in [0.25, 0.3) is 0 Å². The van der Waals surface area contributed by atoms with Gasteiger partial charge in [0.05, 0.1) is 0 Å². The van der Waals surface area contributed by atoms with E-state index in [0.29, 0.717) is 5.41 Å². The summed E-state index contributed by atoms with van der Waals surface area (Å²) in [5, 5.41) is 1.08. The van der Waals surface area contributed by atoms with E-state index in [1.54, 1.807) is 0 Å². The molecule has 1 aliphatic heterocycles. The molecule has 0 spiro atoms. The van der Waals surface area contributed by atoms with Gasteiger partial charge in [0.1, 0.15) is 0 Å². The number of likely N-dealkylation sites (N-methyl/N-ethyl adjacent to an activating group) is 2. The number of hydrogen-bond acceptors (Lipinski definition) is 2. The van der Waals surface area contributed by atoms with Crippen molar-refractivity contribution in [2.45, 2.75) is 32.7 Å². The molecule has 1 aliphatic rings. The van der Waals surface area contributed by atoms with Crippen LogP contribution in [0.3, 0.4) is 0 Å². The van der Waals surface area contributed by atoms with E-state index in [1.807, 2.05) is 0 Å². The first-order valence-electron chi connectivity index (χ1n) is 5.89. The molecular formula is C12H25BrN2. The van der Waals surface area contributed by atoms with E-state index in [-0.39, 0.29) is 0 Å². The molecule has 90 valence electrons. The molecule has 1 rings (SSSR count). The van der Waals surface area contributed by atoms with E-state index in [2.05, 4.69) is 53.7 Å². The SMILES string of the molecule is CN1CCCC(N(C)CC(C)(C)CBr)C1. The Hall–Kier alpha value is 0.400. The third-order valence-corrected chi connectivity index (χ3v) is 4.78. The number of hydrogen-bond donors (Lipinski definition) is 0. The molecule has 0 radical (unpaired) electrons. The molecule has 15 heavy (non-hydrogen) atoms. The number of likely N-dealkylation sites (tertiary alicyclic amines) is 1. The van der Waals surface area contributed by atoms with Gasteiger partial charge in [-0.1, -0.05) is 29.8 Å².